The van der Waals surface area contributed by atoms with Gasteiger partial charge in [0.1, 0.15) is 0 Å². The van der Waals surface area contributed by atoms with Gasteiger partial charge in [-0.1, -0.05) is 6.92 Å². The Hall–Kier alpha value is -1.46. The first-order valence-electron chi connectivity index (χ1n) is 5.31. The van der Waals surface area contributed by atoms with Crippen LogP contribution in [0.3, 0.4) is 0 Å². The number of alkyl halides is 1. The highest BCUT2D eigenvalue weighted by Gasteiger charge is 2.38. The van der Waals surface area contributed by atoms with E-state index in [2.05, 4.69) is 5.32 Å². The van der Waals surface area contributed by atoms with E-state index in [0.717, 1.165) is 11.3 Å². The molecule has 1 heterocycles. The number of amides is 3. The zero-order chi connectivity index (χ0) is 12.1. The van der Waals surface area contributed by atoms with Gasteiger partial charge in [-0.3, -0.25) is 19.3 Å². The standard InChI is InChI=1S/C10H15FN2O3/c1-2-4-12-8(14)3-5-13-9(15)6-7(11)10(13)16/h7H,2-6H2,1H3,(H,12,14). The topological polar surface area (TPSA) is 66.5 Å². The van der Waals surface area contributed by atoms with E-state index in [-0.39, 0.29) is 18.9 Å². The number of imide groups is 1. The highest BCUT2D eigenvalue weighted by atomic mass is 19.1. The van der Waals surface area contributed by atoms with Crippen LogP contribution in [0.4, 0.5) is 4.39 Å². The Bertz CT molecular complexity index is 306. The molecule has 0 radical (unpaired) electrons. The third-order valence-electron chi connectivity index (χ3n) is 2.32. The zero-order valence-corrected chi connectivity index (χ0v) is 9.16. The van der Waals surface area contributed by atoms with Crippen LogP contribution in [0.2, 0.25) is 0 Å². The number of hydrogen-bond donors (Lipinski definition) is 1. The minimum atomic E-state index is -1.73. The van der Waals surface area contributed by atoms with Gasteiger partial charge in [0.15, 0.2) is 6.17 Å². The molecule has 0 spiro atoms. The molecule has 1 N–H and O–H groups in total. The van der Waals surface area contributed by atoms with Crippen molar-refractivity contribution < 1.29 is 18.8 Å². The lowest BCUT2D eigenvalue weighted by Crippen LogP contribution is -2.35. The van der Waals surface area contributed by atoms with Crippen LogP contribution in [0.5, 0.6) is 0 Å². The summed E-state index contributed by atoms with van der Waals surface area (Å²) in [5.74, 6) is -1.60. The Kier molecular flexibility index (Phi) is 4.39. The van der Waals surface area contributed by atoms with E-state index in [1.165, 1.54) is 0 Å². The predicted octanol–water partition coefficient (Wildman–Crippen LogP) is -0.000300. The Morgan fingerprint density at radius 1 is 1.56 bits per heavy atom. The lowest BCUT2D eigenvalue weighted by atomic mass is 10.3. The van der Waals surface area contributed by atoms with E-state index in [9.17, 15) is 18.8 Å². The van der Waals surface area contributed by atoms with E-state index >= 15 is 0 Å². The van der Waals surface area contributed by atoms with Crippen molar-refractivity contribution in [3.63, 3.8) is 0 Å². The Morgan fingerprint density at radius 3 is 2.75 bits per heavy atom. The summed E-state index contributed by atoms with van der Waals surface area (Å²) < 4.78 is 12.8. The molecule has 1 saturated heterocycles. The van der Waals surface area contributed by atoms with Crippen molar-refractivity contribution >= 4 is 17.7 Å². The molecule has 0 aliphatic carbocycles. The van der Waals surface area contributed by atoms with Crippen LogP contribution in [0.1, 0.15) is 26.2 Å². The Morgan fingerprint density at radius 2 is 2.25 bits per heavy atom. The van der Waals surface area contributed by atoms with Crippen molar-refractivity contribution in [2.75, 3.05) is 13.1 Å². The van der Waals surface area contributed by atoms with Crippen LogP contribution in [0.25, 0.3) is 0 Å². The van der Waals surface area contributed by atoms with E-state index in [1.807, 2.05) is 6.92 Å². The van der Waals surface area contributed by atoms with Crippen molar-refractivity contribution in [2.24, 2.45) is 0 Å². The molecule has 6 heteroatoms. The van der Waals surface area contributed by atoms with Gasteiger partial charge in [-0.2, -0.15) is 0 Å². The fourth-order valence-electron chi connectivity index (χ4n) is 1.44. The van der Waals surface area contributed by atoms with Crippen LogP contribution in [0, 0.1) is 0 Å². The zero-order valence-electron chi connectivity index (χ0n) is 9.16. The fraction of sp³-hybridized carbons (Fsp3) is 0.700. The quantitative estimate of drug-likeness (QED) is 0.676. The van der Waals surface area contributed by atoms with Crippen molar-refractivity contribution in [1.29, 1.82) is 0 Å². The lowest BCUT2D eigenvalue weighted by molar-refractivity contribution is -0.139. The van der Waals surface area contributed by atoms with Gasteiger partial charge in [0.05, 0.1) is 6.42 Å². The molecule has 0 aromatic carbocycles. The molecule has 16 heavy (non-hydrogen) atoms. The molecule has 1 rings (SSSR count). The fourth-order valence-corrected chi connectivity index (χ4v) is 1.44. The minimum Gasteiger partial charge on any atom is -0.356 e. The SMILES string of the molecule is CCCNC(=O)CCN1C(=O)CC(F)C1=O. The average Bonchev–Trinajstić information content (AvgIpc) is 2.48. The van der Waals surface area contributed by atoms with E-state index in [0.29, 0.717) is 6.54 Å². The minimum absolute atomic E-state index is 0.0319. The maximum Gasteiger partial charge on any atom is 0.264 e. The number of rotatable bonds is 5. The predicted molar refractivity (Wildman–Crippen MR) is 54.2 cm³/mol. The second-order valence-corrected chi connectivity index (χ2v) is 3.66. The molecule has 0 aromatic rings. The third-order valence-corrected chi connectivity index (χ3v) is 2.32. The molecule has 0 saturated carbocycles. The van der Waals surface area contributed by atoms with Crippen molar-refractivity contribution in [3.05, 3.63) is 0 Å². The number of carbonyl (C=O) groups is 3. The molecule has 1 aliphatic rings. The molecule has 90 valence electrons. The Balaban J connectivity index is 2.35. The molecule has 3 amide bonds. The van der Waals surface area contributed by atoms with Gasteiger partial charge >= 0.3 is 0 Å². The van der Waals surface area contributed by atoms with Gasteiger partial charge in [-0.25, -0.2) is 4.39 Å². The number of nitrogens with zero attached hydrogens (tertiary/aromatic N) is 1. The number of likely N-dealkylation sites (tertiary alicyclic amines) is 1. The van der Waals surface area contributed by atoms with Gasteiger partial charge < -0.3 is 5.32 Å². The van der Waals surface area contributed by atoms with Crippen LogP contribution in [-0.2, 0) is 14.4 Å². The summed E-state index contributed by atoms with van der Waals surface area (Å²) in [7, 11) is 0. The summed E-state index contributed by atoms with van der Waals surface area (Å²) in [5, 5.41) is 2.62. The third kappa shape index (κ3) is 3.01. The van der Waals surface area contributed by atoms with Crippen molar-refractivity contribution in [1.82, 2.24) is 10.2 Å². The summed E-state index contributed by atoms with van der Waals surface area (Å²) in [6.07, 6.45) is -1.27. The van der Waals surface area contributed by atoms with Crippen LogP contribution < -0.4 is 5.32 Å². The first-order chi connectivity index (χ1) is 7.56. The first-order valence-corrected chi connectivity index (χ1v) is 5.31. The number of hydrogen-bond acceptors (Lipinski definition) is 3. The summed E-state index contributed by atoms with van der Waals surface area (Å²) in [6.45, 7) is 2.45. The number of halogens is 1. The maximum absolute atomic E-state index is 12.8. The van der Waals surface area contributed by atoms with Gasteiger partial charge in [0.25, 0.3) is 5.91 Å². The highest BCUT2D eigenvalue weighted by Crippen LogP contribution is 2.15. The van der Waals surface area contributed by atoms with Gasteiger partial charge in [0.2, 0.25) is 11.8 Å². The van der Waals surface area contributed by atoms with Crippen LogP contribution in [0.15, 0.2) is 0 Å². The van der Waals surface area contributed by atoms with Crippen LogP contribution >= 0.6 is 0 Å². The molecule has 1 unspecified atom stereocenters. The van der Waals surface area contributed by atoms with Gasteiger partial charge in [-0.15, -0.1) is 0 Å². The van der Waals surface area contributed by atoms with Gasteiger partial charge in [-0.05, 0) is 6.42 Å². The summed E-state index contributed by atoms with van der Waals surface area (Å²) >= 11 is 0. The average molecular weight is 230 g/mol. The molecule has 0 aromatic heterocycles. The maximum atomic E-state index is 12.8. The molecule has 1 atom stereocenters. The summed E-state index contributed by atoms with van der Waals surface area (Å²) in [5.41, 5.74) is 0. The number of carbonyl (C=O) groups excluding carboxylic acids is 3. The molecule has 1 aliphatic heterocycles. The highest BCUT2D eigenvalue weighted by molar-refractivity contribution is 6.05. The van der Waals surface area contributed by atoms with E-state index in [4.69, 9.17) is 0 Å². The normalized spacial score (nSPS) is 20.4. The van der Waals surface area contributed by atoms with Crippen molar-refractivity contribution in [2.45, 2.75) is 32.4 Å². The van der Waals surface area contributed by atoms with E-state index in [1.54, 1.807) is 0 Å². The summed E-state index contributed by atoms with van der Waals surface area (Å²) in [6, 6.07) is 0. The molecular formula is C10H15FN2O3. The largest absolute Gasteiger partial charge is 0.356 e. The van der Waals surface area contributed by atoms with E-state index < -0.39 is 24.4 Å². The molecule has 1 fully saturated rings. The second kappa shape index (κ2) is 5.58. The molecule has 0 bridgehead atoms. The van der Waals surface area contributed by atoms with Gasteiger partial charge in [0, 0.05) is 19.5 Å². The Labute approximate surface area is 93.0 Å². The van der Waals surface area contributed by atoms with Crippen LogP contribution in [-0.4, -0.2) is 41.9 Å². The second-order valence-electron chi connectivity index (χ2n) is 3.66. The molecular weight excluding hydrogens is 215 g/mol. The smallest absolute Gasteiger partial charge is 0.264 e. The molecule has 5 nitrogen and oxygen atoms in total. The summed E-state index contributed by atoms with van der Waals surface area (Å²) in [4.78, 5) is 34.3. The lowest BCUT2D eigenvalue weighted by Gasteiger charge is -2.12. The number of nitrogens with one attached hydrogen (secondary N) is 1. The van der Waals surface area contributed by atoms with Crippen molar-refractivity contribution in [3.8, 4) is 0 Å². The monoisotopic (exact) mass is 230 g/mol. The first kappa shape index (κ1) is 12.6.